The maximum Gasteiger partial charge on any atom is 0.223 e. The number of hydrogen-bond acceptors (Lipinski definition) is 5. The number of aromatic nitrogens is 2. The minimum absolute atomic E-state index is 0.224. The summed E-state index contributed by atoms with van der Waals surface area (Å²) in [4.78, 5) is 11.1. The Kier molecular flexibility index (Phi) is 3.09. The average molecular weight is 276 g/mol. The van der Waals surface area contributed by atoms with Gasteiger partial charge < -0.3 is 11.1 Å². The normalized spacial score (nSPS) is 17.4. The smallest absolute Gasteiger partial charge is 0.223 e. The third-order valence-corrected chi connectivity index (χ3v) is 5.35. The highest BCUT2D eigenvalue weighted by molar-refractivity contribution is 7.18. The van der Waals surface area contributed by atoms with Gasteiger partial charge in [0, 0.05) is 10.4 Å². The number of hydrogen-bond donors (Lipinski definition) is 2. The second kappa shape index (κ2) is 4.63. The van der Waals surface area contributed by atoms with Gasteiger partial charge in [0.1, 0.15) is 10.6 Å². The van der Waals surface area contributed by atoms with E-state index in [0.29, 0.717) is 5.95 Å². The van der Waals surface area contributed by atoms with Crippen LogP contribution in [0.15, 0.2) is 6.07 Å². The van der Waals surface area contributed by atoms with Crippen LogP contribution in [0, 0.1) is 0 Å². The van der Waals surface area contributed by atoms with Crippen molar-refractivity contribution in [1.82, 2.24) is 9.97 Å². The Bertz CT molecular complexity index is 595. The van der Waals surface area contributed by atoms with Crippen LogP contribution in [0.3, 0.4) is 0 Å². The summed E-state index contributed by atoms with van der Waals surface area (Å²) in [5.41, 5.74) is 6.06. The minimum Gasteiger partial charge on any atom is -0.368 e. The molecule has 1 aliphatic carbocycles. The van der Waals surface area contributed by atoms with Crippen LogP contribution >= 0.6 is 11.3 Å². The van der Waals surface area contributed by atoms with E-state index in [-0.39, 0.29) is 5.54 Å². The standard InChI is InChI=1S/C14H20N4S/c1-3-9-8-10-11(16-13(15)17-12(10)19-9)18-14(4-2)6-5-7-14/h8H,3-7H2,1-2H3,(H3,15,16,17,18). The van der Waals surface area contributed by atoms with Gasteiger partial charge in [-0.2, -0.15) is 4.98 Å². The molecule has 0 unspecified atom stereocenters. The Balaban J connectivity index is 2.03. The van der Waals surface area contributed by atoms with E-state index in [1.54, 1.807) is 11.3 Å². The number of fused-ring (bicyclic) bond motifs is 1. The molecule has 1 fully saturated rings. The zero-order valence-corrected chi connectivity index (χ0v) is 12.3. The average Bonchev–Trinajstić information content (AvgIpc) is 2.76. The largest absolute Gasteiger partial charge is 0.368 e. The second-order valence-electron chi connectivity index (χ2n) is 5.33. The van der Waals surface area contributed by atoms with Crippen molar-refractivity contribution >= 4 is 33.3 Å². The van der Waals surface area contributed by atoms with Crippen molar-refractivity contribution in [2.45, 2.75) is 51.5 Å². The first-order chi connectivity index (χ1) is 9.15. The highest BCUT2D eigenvalue weighted by atomic mass is 32.1. The molecule has 102 valence electrons. The number of anilines is 2. The van der Waals surface area contributed by atoms with Crippen molar-refractivity contribution in [2.24, 2.45) is 0 Å². The van der Waals surface area contributed by atoms with Gasteiger partial charge in [-0.15, -0.1) is 11.3 Å². The molecule has 2 aromatic rings. The molecule has 3 rings (SSSR count). The highest BCUT2D eigenvalue weighted by Crippen LogP contribution is 2.40. The quantitative estimate of drug-likeness (QED) is 0.896. The van der Waals surface area contributed by atoms with Crippen molar-refractivity contribution in [1.29, 1.82) is 0 Å². The molecule has 0 amide bonds. The number of nitrogens with one attached hydrogen (secondary N) is 1. The van der Waals surface area contributed by atoms with Gasteiger partial charge in [-0.05, 0) is 38.2 Å². The van der Waals surface area contributed by atoms with Gasteiger partial charge in [0.05, 0.1) is 5.39 Å². The summed E-state index contributed by atoms with van der Waals surface area (Å²) in [6.07, 6.45) is 5.90. The van der Waals surface area contributed by atoms with Gasteiger partial charge in [-0.1, -0.05) is 13.8 Å². The van der Waals surface area contributed by atoms with Crippen molar-refractivity contribution in [2.75, 3.05) is 11.1 Å². The zero-order valence-electron chi connectivity index (χ0n) is 11.5. The van der Waals surface area contributed by atoms with Gasteiger partial charge in [-0.3, -0.25) is 0 Å². The van der Waals surface area contributed by atoms with Crippen LogP contribution in [0.4, 0.5) is 11.8 Å². The molecule has 0 aliphatic heterocycles. The maximum atomic E-state index is 5.84. The van der Waals surface area contributed by atoms with Gasteiger partial charge in [0.2, 0.25) is 5.95 Å². The van der Waals surface area contributed by atoms with E-state index < -0.39 is 0 Å². The molecular weight excluding hydrogens is 256 g/mol. The predicted molar refractivity (Wildman–Crippen MR) is 81.7 cm³/mol. The molecule has 0 saturated heterocycles. The van der Waals surface area contributed by atoms with Crippen molar-refractivity contribution in [3.05, 3.63) is 10.9 Å². The van der Waals surface area contributed by atoms with Crippen LogP contribution in [0.1, 0.15) is 44.4 Å². The van der Waals surface area contributed by atoms with Crippen molar-refractivity contribution in [3.8, 4) is 0 Å². The third kappa shape index (κ3) is 2.16. The molecule has 0 atom stereocenters. The summed E-state index contributed by atoms with van der Waals surface area (Å²) < 4.78 is 0. The molecule has 0 aromatic carbocycles. The lowest BCUT2D eigenvalue weighted by Gasteiger charge is -2.42. The Morgan fingerprint density at radius 2 is 2.16 bits per heavy atom. The monoisotopic (exact) mass is 276 g/mol. The zero-order chi connectivity index (χ0) is 13.5. The number of rotatable bonds is 4. The Morgan fingerprint density at radius 3 is 2.74 bits per heavy atom. The Labute approximate surface area is 117 Å². The third-order valence-electron chi connectivity index (χ3n) is 4.18. The van der Waals surface area contributed by atoms with E-state index in [2.05, 4.69) is 35.2 Å². The van der Waals surface area contributed by atoms with E-state index in [1.807, 2.05) is 0 Å². The van der Waals surface area contributed by atoms with Crippen molar-refractivity contribution in [3.63, 3.8) is 0 Å². The Hall–Kier alpha value is -1.36. The summed E-state index contributed by atoms with van der Waals surface area (Å²) in [5.74, 6) is 1.28. The Morgan fingerprint density at radius 1 is 1.37 bits per heavy atom. The molecule has 2 heterocycles. The summed E-state index contributed by atoms with van der Waals surface area (Å²) in [5, 5.41) is 4.76. The first-order valence-corrected chi connectivity index (χ1v) is 7.81. The molecule has 19 heavy (non-hydrogen) atoms. The SMILES string of the molecule is CCc1cc2c(NC3(CC)CCC3)nc(N)nc2s1. The highest BCUT2D eigenvalue weighted by Gasteiger charge is 2.35. The van der Waals surface area contributed by atoms with Crippen LogP contribution in [-0.4, -0.2) is 15.5 Å². The van der Waals surface area contributed by atoms with Crippen LogP contribution in [-0.2, 0) is 6.42 Å². The summed E-state index contributed by atoms with van der Waals surface area (Å²) in [6, 6.07) is 2.20. The fourth-order valence-electron chi connectivity index (χ4n) is 2.68. The summed E-state index contributed by atoms with van der Waals surface area (Å²) in [7, 11) is 0. The molecule has 5 heteroatoms. The van der Waals surface area contributed by atoms with Crippen LogP contribution in [0.2, 0.25) is 0 Å². The van der Waals surface area contributed by atoms with E-state index >= 15 is 0 Å². The molecule has 0 bridgehead atoms. The summed E-state index contributed by atoms with van der Waals surface area (Å²) >= 11 is 1.71. The molecule has 2 aromatic heterocycles. The number of nitrogens with two attached hydrogens (primary N) is 1. The lowest BCUT2D eigenvalue weighted by molar-refractivity contribution is 0.269. The van der Waals surface area contributed by atoms with Crippen LogP contribution < -0.4 is 11.1 Å². The first kappa shape index (κ1) is 12.7. The molecule has 4 nitrogen and oxygen atoms in total. The first-order valence-electron chi connectivity index (χ1n) is 7.00. The molecule has 0 spiro atoms. The fourth-order valence-corrected chi connectivity index (χ4v) is 3.65. The van der Waals surface area contributed by atoms with Gasteiger partial charge >= 0.3 is 0 Å². The van der Waals surface area contributed by atoms with E-state index in [0.717, 1.165) is 28.9 Å². The van der Waals surface area contributed by atoms with E-state index in [9.17, 15) is 0 Å². The molecule has 0 radical (unpaired) electrons. The molecule has 1 aliphatic rings. The molecule has 1 saturated carbocycles. The molecular formula is C14H20N4S. The van der Waals surface area contributed by atoms with Gasteiger partial charge in [0.15, 0.2) is 0 Å². The number of thiophene rings is 1. The minimum atomic E-state index is 0.224. The van der Waals surface area contributed by atoms with Crippen LogP contribution in [0.5, 0.6) is 0 Å². The van der Waals surface area contributed by atoms with Gasteiger partial charge in [-0.25, -0.2) is 4.98 Å². The van der Waals surface area contributed by atoms with Crippen molar-refractivity contribution < 1.29 is 0 Å². The van der Waals surface area contributed by atoms with E-state index in [1.165, 1.54) is 24.1 Å². The lowest BCUT2D eigenvalue weighted by Crippen LogP contribution is -2.44. The van der Waals surface area contributed by atoms with Crippen LogP contribution in [0.25, 0.3) is 10.2 Å². The lowest BCUT2D eigenvalue weighted by atomic mass is 9.75. The fraction of sp³-hybridized carbons (Fsp3) is 0.571. The number of nitrogen functional groups attached to an aromatic ring is 1. The topological polar surface area (TPSA) is 63.8 Å². The second-order valence-corrected chi connectivity index (χ2v) is 6.44. The summed E-state index contributed by atoms with van der Waals surface area (Å²) in [6.45, 7) is 4.40. The van der Waals surface area contributed by atoms with E-state index in [4.69, 9.17) is 5.73 Å². The molecule has 3 N–H and O–H groups in total. The number of nitrogens with zero attached hydrogens (tertiary/aromatic N) is 2. The number of aryl methyl sites for hydroxylation is 1. The van der Waals surface area contributed by atoms with Gasteiger partial charge in [0.25, 0.3) is 0 Å². The maximum absolute atomic E-state index is 5.84. The predicted octanol–water partition coefficient (Wildman–Crippen LogP) is 3.58.